The summed E-state index contributed by atoms with van der Waals surface area (Å²) in [6.45, 7) is 3.18. The first-order chi connectivity index (χ1) is 13.1. The first kappa shape index (κ1) is 18.5. The molecule has 0 fully saturated rings. The van der Waals surface area contributed by atoms with E-state index in [-0.39, 0.29) is 5.91 Å². The molecule has 7 nitrogen and oxygen atoms in total. The summed E-state index contributed by atoms with van der Waals surface area (Å²) in [5.41, 5.74) is 3.49. The molecule has 3 aromatic rings. The number of nitrogens with one attached hydrogen (secondary N) is 1. The van der Waals surface area contributed by atoms with Gasteiger partial charge in [0.05, 0.1) is 18.7 Å². The second-order valence-corrected chi connectivity index (χ2v) is 6.16. The van der Waals surface area contributed by atoms with Gasteiger partial charge in [-0.1, -0.05) is 24.3 Å². The molecule has 2 heterocycles. The largest absolute Gasteiger partial charge is 0.379 e. The molecule has 138 valence electrons. The number of benzene rings is 1. The molecular formula is C20H21N5O2. The zero-order valence-corrected chi connectivity index (χ0v) is 15.4. The average Bonchev–Trinajstić information content (AvgIpc) is 2.97. The van der Waals surface area contributed by atoms with Gasteiger partial charge in [-0.05, 0) is 19.1 Å². The molecular weight excluding hydrogens is 342 g/mol. The lowest BCUT2D eigenvalue weighted by molar-refractivity contribution is 0.0912. The molecule has 1 amide bonds. The Labute approximate surface area is 157 Å². The van der Waals surface area contributed by atoms with E-state index in [0.717, 1.165) is 22.2 Å². The zero-order chi connectivity index (χ0) is 19.2. The van der Waals surface area contributed by atoms with Crippen molar-refractivity contribution < 1.29 is 9.53 Å². The zero-order valence-electron chi connectivity index (χ0n) is 15.4. The number of carbonyl (C=O) groups excluding carboxylic acids is 1. The maximum absolute atomic E-state index is 12.2. The molecule has 0 aliphatic rings. The molecule has 1 N–H and O–H groups in total. The molecule has 7 heteroatoms. The lowest BCUT2D eigenvalue weighted by atomic mass is 10.1. The molecule has 27 heavy (non-hydrogen) atoms. The highest BCUT2D eigenvalue weighted by molar-refractivity contribution is 5.94. The van der Waals surface area contributed by atoms with Gasteiger partial charge in [0.2, 0.25) is 0 Å². The predicted molar refractivity (Wildman–Crippen MR) is 101 cm³/mol. The predicted octanol–water partition coefficient (Wildman–Crippen LogP) is 2.14. The van der Waals surface area contributed by atoms with Gasteiger partial charge in [0.25, 0.3) is 5.91 Å². The molecule has 0 aliphatic carbocycles. The van der Waals surface area contributed by atoms with E-state index in [1.807, 2.05) is 44.3 Å². The van der Waals surface area contributed by atoms with Crippen LogP contribution in [-0.2, 0) is 18.2 Å². The maximum atomic E-state index is 12.2. The van der Waals surface area contributed by atoms with E-state index in [1.54, 1.807) is 10.7 Å². The van der Waals surface area contributed by atoms with Gasteiger partial charge >= 0.3 is 0 Å². The number of amides is 1. The van der Waals surface area contributed by atoms with Gasteiger partial charge < -0.3 is 10.1 Å². The third kappa shape index (κ3) is 4.30. The molecule has 0 unspecified atom stereocenters. The number of hydrogen-bond donors (Lipinski definition) is 1. The smallest absolute Gasteiger partial charge is 0.269 e. The second kappa shape index (κ2) is 8.43. The van der Waals surface area contributed by atoms with Crippen molar-refractivity contribution >= 4 is 16.8 Å². The summed E-state index contributed by atoms with van der Waals surface area (Å²) in [5.74, 6) is -0.223. The van der Waals surface area contributed by atoms with Crippen molar-refractivity contribution in [2.45, 2.75) is 13.3 Å². The molecule has 0 atom stereocenters. The molecule has 3 rings (SSSR count). The third-order valence-electron chi connectivity index (χ3n) is 4.42. The summed E-state index contributed by atoms with van der Waals surface area (Å²) in [6.07, 6.45) is 0.614. The molecule has 0 bridgehead atoms. The van der Waals surface area contributed by atoms with E-state index in [9.17, 15) is 4.79 Å². The summed E-state index contributed by atoms with van der Waals surface area (Å²) >= 11 is 0. The van der Waals surface area contributed by atoms with Crippen LogP contribution in [0.3, 0.4) is 0 Å². The van der Waals surface area contributed by atoms with Crippen molar-refractivity contribution in [1.82, 2.24) is 20.1 Å². The fourth-order valence-electron chi connectivity index (χ4n) is 2.84. The lowest BCUT2D eigenvalue weighted by Gasteiger charge is -2.07. The van der Waals surface area contributed by atoms with Crippen LogP contribution in [0.25, 0.3) is 10.9 Å². The van der Waals surface area contributed by atoms with Gasteiger partial charge in [0.15, 0.2) is 5.69 Å². The minimum Gasteiger partial charge on any atom is -0.379 e. The van der Waals surface area contributed by atoms with Gasteiger partial charge in [-0.15, -0.1) is 0 Å². The highest BCUT2D eigenvalue weighted by atomic mass is 16.5. The van der Waals surface area contributed by atoms with E-state index in [1.165, 1.54) is 0 Å². The fourth-order valence-corrected chi connectivity index (χ4v) is 2.84. The van der Waals surface area contributed by atoms with Gasteiger partial charge in [-0.25, -0.2) is 4.98 Å². The Kier molecular flexibility index (Phi) is 5.79. The number of aromatic nitrogens is 3. The molecule has 0 saturated carbocycles. The number of hydrogen-bond acceptors (Lipinski definition) is 5. The standard InChI is InChI=1S/C20H21N5O2/c1-14-16(19(13-21)24-25(14)2)9-11-27-12-10-22-20(26)18-8-7-15-5-3-4-6-17(15)23-18/h3-8H,9-12H2,1-2H3,(H,22,26). The van der Waals surface area contributed by atoms with Crippen LogP contribution in [0, 0.1) is 18.3 Å². The molecule has 0 aliphatic heterocycles. The number of ether oxygens (including phenoxy) is 1. The Balaban J connectivity index is 1.43. The fraction of sp³-hybridized carbons (Fsp3) is 0.300. The van der Waals surface area contributed by atoms with E-state index >= 15 is 0 Å². The summed E-state index contributed by atoms with van der Waals surface area (Å²) < 4.78 is 7.28. The molecule has 1 aromatic carbocycles. The van der Waals surface area contributed by atoms with Gasteiger partial charge in [-0.3, -0.25) is 9.48 Å². The number of rotatable bonds is 7. The number of nitrogens with zero attached hydrogens (tertiary/aromatic N) is 4. The van der Waals surface area contributed by atoms with Gasteiger partial charge in [0.1, 0.15) is 11.8 Å². The number of fused-ring (bicyclic) bond motifs is 1. The van der Waals surface area contributed by atoms with Crippen molar-refractivity contribution in [2.75, 3.05) is 19.8 Å². The summed E-state index contributed by atoms with van der Waals surface area (Å²) in [5, 5.41) is 17.1. The summed E-state index contributed by atoms with van der Waals surface area (Å²) in [6, 6.07) is 13.4. The number of carbonyl (C=O) groups is 1. The van der Waals surface area contributed by atoms with Crippen molar-refractivity contribution in [3.63, 3.8) is 0 Å². The van der Waals surface area contributed by atoms with Crippen molar-refractivity contribution in [3.05, 3.63) is 59.0 Å². The highest BCUT2D eigenvalue weighted by Gasteiger charge is 2.12. The number of aryl methyl sites for hydroxylation is 1. The Hall–Kier alpha value is -3.24. The second-order valence-electron chi connectivity index (χ2n) is 6.16. The van der Waals surface area contributed by atoms with Crippen LogP contribution in [0.4, 0.5) is 0 Å². The van der Waals surface area contributed by atoms with Crippen LogP contribution in [0.5, 0.6) is 0 Å². The summed E-state index contributed by atoms with van der Waals surface area (Å²) in [7, 11) is 1.82. The number of nitriles is 1. The maximum Gasteiger partial charge on any atom is 0.269 e. The Bertz CT molecular complexity index is 1000. The first-order valence-corrected chi connectivity index (χ1v) is 8.74. The van der Waals surface area contributed by atoms with Crippen LogP contribution in [0.15, 0.2) is 36.4 Å². The van der Waals surface area contributed by atoms with E-state index in [0.29, 0.717) is 37.6 Å². The van der Waals surface area contributed by atoms with Crippen molar-refractivity contribution in [2.24, 2.45) is 7.05 Å². The van der Waals surface area contributed by atoms with Crippen molar-refractivity contribution in [1.29, 1.82) is 5.26 Å². The quantitative estimate of drug-likeness (QED) is 0.649. The van der Waals surface area contributed by atoms with Gasteiger partial charge in [-0.2, -0.15) is 10.4 Å². The molecule has 0 spiro atoms. The number of para-hydroxylation sites is 1. The SMILES string of the molecule is Cc1c(CCOCCNC(=O)c2ccc3ccccc3n2)c(C#N)nn1C. The van der Waals surface area contributed by atoms with E-state index < -0.39 is 0 Å². The van der Waals surface area contributed by atoms with Gasteiger partial charge in [0, 0.05) is 36.7 Å². The Morgan fingerprint density at radius 2 is 2.07 bits per heavy atom. The molecule has 0 radical (unpaired) electrons. The minimum absolute atomic E-state index is 0.223. The highest BCUT2D eigenvalue weighted by Crippen LogP contribution is 2.13. The van der Waals surface area contributed by atoms with Crippen LogP contribution in [0.1, 0.15) is 27.4 Å². The first-order valence-electron chi connectivity index (χ1n) is 8.74. The molecule has 2 aromatic heterocycles. The lowest BCUT2D eigenvalue weighted by Crippen LogP contribution is -2.28. The van der Waals surface area contributed by atoms with E-state index in [4.69, 9.17) is 10.00 Å². The number of pyridine rings is 1. The minimum atomic E-state index is -0.223. The molecule has 0 saturated heterocycles. The van der Waals surface area contributed by atoms with E-state index in [2.05, 4.69) is 21.5 Å². The van der Waals surface area contributed by atoms with Crippen LogP contribution in [0.2, 0.25) is 0 Å². The summed E-state index contributed by atoms with van der Waals surface area (Å²) in [4.78, 5) is 16.6. The monoisotopic (exact) mass is 363 g/mol. The van der Waals surface area contributed by atoms with Crippen molar-refractivity contribution in [3.8, 4) is 6.07 Å². The van der Waals surface area contributed by atoms with Crippen LogP contribution < -0.4 is 5.32 Å². The topological polar surface area (TPSA) is 92.8 Å². The third-order valence-corrected chi connectivity index (χ3v) is 4.42. The normalized spacial score (nSPS) is 10.7. The average molecular weight is 363 g/mol. The Morgan fingerprint density at radius 1 is 1.26 bits per heavy atom. The van der Waals surface area contributed by atoms with Crippen LogP contribution >= 0.6 is 0 Å². The van der Waals surface area contributed by atoms with Crippen LogP contribution in [-0.4, -0.2) is 40.4 Å². The Morgan fingerprint density at radius 3 is 2.89 bits per heavy atom.